The smallest absolute Gasteiger partial charge is 0.226 e. The van der Waals surface area contributed by atoms with Gasteiger partial charge in [0.05, 0.1) is 12.3 Å². The van der Waals surface area contributed by atoms with E-state index in [0.717, 1.165) is 21.9 Å². The molecule has 1 aromatic heterocycles. The van der Waals surface area contributed by atoms with Crippen LogP contribution in [0.15, 0.2) is 48.5 Å². The van der Waals surface area contributed by atoms with Gasteiger partial charge in [0.25, 0.3) is 0 Å². The highest BCUT2D eigenvalue weighted by molar-refractivity contribution is 7.16. The Balaban J connectivity index is 1.46. The molecular weight excluding hydrogens is 387 g/mol. The van der Waals surface area contributed by atoms with Crippen LogP contribution in [0.4, 0.5) is 9.52 Å². The van der Waals surface area contributed by atoms with Gasteiger partial charge in [-0.05, 0) is 61.2 Å². The third kappa shape index (κ3) is 5.87. The maximum Gasteiger partial charge on any atom is 0.226 e. The van der Waals surface area contributed by atoms with Crippen LogP contribution in [0.5, 0.6) is 5.75 Å². The molecule has 4 nitrogen and oxygen atoms in total. The van der Waals surface area contributed by atoms with E-state index in [-0.39, 0.29) is 11.7 Å². The van der Waals surface area contributed by atoms with Crippen LogP contribution < -0.4 is 10.1 Å². The predicted octanol–water partition coefficient (Wildman–Crippen LogP) is 6.18. The first-order chi connectivity index (χ1) is 13.9. The minimum atomic E-state index is -0.284. The molecule has 0 spiro atoms. The molecule has 2 aromatic carbocycles. The van der Waals surface area contributed by atoms with Gasteiger partial charge in [-0.15, -0.1) is 11.3 Å². The molecule has 0 bridgehead atoms. The van der Waals surface area contributed by atoms with Gasteiger partial charge < -0.3 is 10.1 Å². The van der Waals surface area contributed by atoms with Gasteiger partial charge in [-0.3, -0.25) is 4.79 Å². The van der Waals surface area contributed by atoms with Crippen LogP contribution >= 0.6 is 11.3 Å². The lowest BCUT2D eigenvalue weighted by Crippen LogP contribution is -2.12. The first-order valence-corrected chi connectivity index (χ1v) is 10.5. The number of carbonyl (C=O) groups excluding carboxylic acids is 1. The summed E-state index contributed by atoms with van der Waals surface area (Å²) in [5.41, 5.74) is 2.87. The molecular formula is C23H25FN2O2S. The Labute approximate surface area is 174 Å². The number of rotatable bonds is 8. The van der Waals surface area contributed by atoms with Crippen molar-refractivity contribution in [3.05, 3.63) is 64.8 Å². The Hall–Kier alpha value is -2.73. The van der Waals surface area contributed by atoms with Crippen molar-refractivity contribution in [2.45, 2.75) is 39.5 Å². The normalized spacial score (nSPS) is 10.9. The number of amides is 1. The Morgan fingerprint density at radius 3 is 2.48 bits per heavy atom. The molecule has 6 heteroatoms. The summed E-state index contributed by atoms with van der Waals surface area (Å²) in [4.78, 5) is 17.6. The van der Waals surface area contributed by atoms with E-state index in [1.54, 1.807) is 12.1 Å². The number of nitrogens with one attached hydrogen (secondary N) is 1. The molecule has 0 unspecified atom stereocenters. The second-order valence-electron chi connectivity index (χ2n) is 7.15. The van der Waals surface area contributed by atoms with Crippen LogP contribution in [-0.2, 0) is 4.79 Å². The highest BCUT2D eigenvalue weighted by Crippen LogP contribution is 2.30. The van der Waals surface area contributed by atoms with Crippen LogP contribution in [0, 0.1) is 12.7 Å². The number of aromatic nitrogens is 1. The van der Waals surface area contributed by atoms with Crippen molar-refractivity contribution >= 4 is 22.4 Å². The molecule has 1 amide bonds. The van der Waals surface area contributed by atoms with E-state index >= 15 is 0 Å². The van der Waals surface area contributed by atoms with Crippen molar-refractivity contribution < 1.29 is 13.9 Å². The van der Waals surface area contributed by atoms with Gasteiger partial charge in [0.1, 0.15) is 11.6 Å². The number of benzene rings is 2. The first-order valence-electron chi connectivity index (χ1n) is 9.68. The lowest BCUT2D eigenvalue weighted by atomic mass is 10.0. The fraction of sp³-hybridized carbons (Fsp3) is 0.304. The van der Waals surface area contributed by atoms with Crippen molar-refractivity contribution in [1.29, 1.82) is 0 Å². The lowest BCUT2D eigenvalue weighted by Gasteiger charge is -2.08. The third-order valence-corrected chi connectivity index (χ3v) is 5.41. The van der Waals surface area contributed by atoms with E-state index in [4.69, 9.17) is 4.74 Å². The number of carbonyl (C=O) groups is 1. The van der Waals surface area contributed by atoms with Crippen molar-refractivity contribution in [2.75, 3.05) is 11.9 Å². The van der Waals surface area contributed by atoms with Gasteiger partial charge in [0, 0.05) is 16.9 Å². The number of hydrogen-bond donors (Lipinski definition) is 1. The Morgan fingerprint density at radius 1 is 1.14 bits per heavy atom. The van der Waals surface area contributed by atoms with Crippen LogP contribution in [0.25, 0.3) is 11.3 Å². The zero-order chi connectivity index (χ0) is 20.8. The van der Waals surface area contributed by atoms with Crippen LogP contribution in [0.2, 0.25) is 0 Å². The second kappa shape index (κ2) is 9.65. The van der Waals surface area contributed by atoms with Crippen molar-refractivity contribution in [3.63, 3.8) is 0 Å². The molecule has 29 heavy (non-hydrogen) atoms. The average Bonchev–Trinajstić information content (AvgIpc) is 3.06. The van der Waals surface area contributed by atoms with Gasteiger partial charge in [-0.25, -0.2) is 9.37 Å². The van der Waals surface area contributed by atoms with Gasteiger partial charge in [0.15, 0.2) is 5.13 Å². The van der Waals surface area contributed by atoms with E-state index in [0.29, 0.717) is 30.5 Å². The first kappa shape index (κ1) is 21.0. The molecule has 0 saturated heterocycles. The van der Waals surface area contributed by atoms with Crippen molar-refractivity contribution in [3.8, 4) is 17.0 Å². The van der Waals surface area contributed by atoms with Gasteiger partial charge in [0.2, 0.25) is 5.91 Å². The SMILES string of the molecule is Cc1sc(NC(=O)CCCOc2ccc(C(C)C)cc2)nc1-c1ccc(F)cc1. The lowest BCUT2D eigenvalue weighted by molar-refractivity contribution is -0.116. The molecule has 0 atom stereocenters. The largest absolute Gasteiger partial charge is 0.494 e. The predicted molar refractivity (Wildman–Crippen MR) is 116 cm³/mol. The monoisotopic (exact) mass is 412 g/mol. The molecule has 0 saturated carbocycles. The van der Waals surface area contributed by atoms with Crippen LogP contribution in [0.3, 0.4) is 0 Å². The number of thiazole rings is 1. The van der Waals surface area contributed by atoms with E-state index in [1.807, 2.05) is 19.1 Å². The average molecular weight is 413 g/mol. The molecule has 3 aromatic rings. The van der Waals surface area contributed by atoms with Gasteiger partial charge in [-0.1, -0.05) is 26.0 Å². The Bertz CT molecular complexity index is 950. The molecule has 0 aliphatic carbocycles. The van der Waals surface area contributed by atoms with Crippen LogP contribution in [0.1, 0.15) is 43.0 Å². The zero-order valence-electron chi connectivity index (χ0n) is 16.9. The number of halogens is 1. The van der Waals surface area contributed by atoms with E-state index in [1.165, 1.54) is 29.0 Å². The minimum Gasteiger partial charge on any atom is -0.494 e. The molecule has 1 heterocycles. The van der Waals surface area contributed by atoms with E-state index < -0.39 is 0 Å². The van der Waals surface area contributed by atoms with E-state index in [9.17, 15) is 9.18 Å². The summed E-state index contributed by atoms with van der Waals surface area (Å²) < 4.78 is 18.8. The third-order valence-electron chi connectivity index (χ3n) is 4.52. The van der Waals surface area contributed by atoms with E-state index in [2.05, 4.69) is 36.3 Å². The number of nitrogens with zero attached hydrogens (tertiary/aromatic N) is 1. The summed E-state index contributed by atoms with van der Waals surface area (Å²) in [6.45, 7) is 6.72. The summed E-state index contributed by atoms with van der Waals surface area (Å²) in [7, 11) is 0. The summed E-state index contributed by atoms with van der Waals surface area (Å²) in [5.74, 6) is 0.927. The summed E-state index contributed by atoms with van der Waals surface area (Å²) in [5, 5.41) is 3.39. The quantitative estimate of drug-likeness (QED) is 0.450. The maximum atomic E-state index is 13.1. The van der Waals surface area contributed by atoms with Crippen LogP contribution in [-0.4, -0.2) is 17.5 Å². The highest BCUT2D eigenvalue weighted by Gasteiger charge is 2.12. The number of aryl methyl sites for hydroxylation is 1. The van der Waals surface area contributed by atoms with Crippen molar-refractivity contribution in [2.24, 2.45) is 0 Å². The highest BCUT2D eigenvalue weighted by atomic mass is 32.1. The fourth-order valence-corrected chi connectivity index (χ4v) is 3.73. The van der Waals surface area contributed by atoms with Gasteiger partial charge >= 0.3 is 0 Å². The molecule has 0 aliphatic rings. The Morgan fingerprint density at radius 2 is 1.83 bits per heavy atom. The fourth-order valence-electron chi connectivity index (χ4n) is 2.88. The summed E-state index contributed by atoms with van der Waals surface area (Å²) in [6.07, 6.45) is 0.974. The molecule has 1 N–H and O–H groups in total. The number of anilines is 1. The molecule has 3 rings (SSSR count). The topological polar surface area (TPSA) is 51.2 Å². The summed E-state index contributed by atoms with van der Waals surface area (Å²) >= 11 is 1.41. The molecule has 0 fully saturated rings. The summed E-state index contributed by atoms with van der Waals surface area (Å²) in [6, 6.07) is 14.2. The minimum absolute atomic E-state index is 0.0943. The van der Waals surface area contributed by atoms with Gasteiger partial charge in [-0.2, -0.15) is 0 Å². The maximum absolute atomic E-state index is 13.1. The molecule has 152 valence electrons. The Kier molecular flexibility index (Phi) is 6.99. The zero-order valence-corrected chi connectivity index (χ0v) is 17.7. The standard InChI is InChI=1S/C23H25FN2O2S/c1-15(2)17-8-12-20(13-9-17)28-14-4-5-21(27)25-23-26-22(16(3)29-23)18-6-10-19(24)11-7-18/h6-13,15H,4-5,14H2,1-3H3,(H,25,26,27). The van der Waals surface area contributed by atoms with Crippen molar-refractivity contribution in [1.82, 2.24) is 4.98 Å². The molecule has 0 aliphatic heterocycles. The number of ether oxygens (including phenoxy) is 1. The second-order valence-corrected chi connectivity index (χ2v) is 8.36. The number of hydrogen-bond acceptors (Lipinski definition) is 4. The molecule has 0 radical (unpaired) electrons.